The van der Waals surface area contributed by atoms with Crippen molar-refractivity contribution < 1.29 is 4.39 Å². The summed E-state index contributed by atoms with van der Waals surface area (Å²) in [7, 11) is 0. The van der Waals surface area contributed by atoms with E-state index in [-0.39, 0.29) is 18.2 Å². The van der Waals surface area contributed by atoms with Crippen LogP contribution in [0.5, 0.6) is 0 Å². The average molecular weight is 235 g/mol. The molecule has 0 spiro atoms. The van der Waals surface area contributed by atoms with E-state index < -0.39 is 11.2 Å². The predicted molar refractivity (Wildman–Crippen MR) is 61.4 cm³/mol. The Labute approximate surface area is 95.3 Å². The van der Waals surface area contributed by atoms with E-state index in [9.17, 15) is 14.0 Å². The third kappa shape index (κ3) is 2.81. The van der Waals surface area contributed by atoms with Gasteiger partial charge in [0.1, 0.15) is 11.6 Å². The van der Waals surface area contributed by atoms with Crippen LogP contribution in [0, 0.1) is 5.82 Å². The van der Waals surface area contributed by atoms with Crippen molar-refractivity contribution in [1.29, 1.82) is 0 Å². The molecule has 0 aliphatic carbocycles. The lowest BCUT2D eigenvalue weighted by Gasteiger charge is -2.06. The lowest BCUT2D eigenvalue weighted by Crippen LogP contribution is -2.22. The van der Waals surface area contributed by atoms with E-state index in [1.165, 1.54) is 12.1 Å². The first kappa shape index (κ1) is 11.1. The predicted octanol–water partition coefficient (Wildman–Crippen LogP) is 0.814. The van der Waals surface area contributed by atoms with Crippen LogP contribution in [0.15, 0.2) is 39.9 Å². The van der Waals surface area contributed by atoms with Gasteiger partial charge in [-0.1, -0.05) is 18.2 Å². The molecule has 1 aromatic heterocycles. The summed E-state index contributed by atoms with van der Waals surface area (Å²) >= 11 is 0. The minimum Gasteiger partial charge on any atom is -0.367 e. The van der Waals surface area contributed by atoms with Crippen LogP contribution in [0.2, 0.25) is 0 Å². The van der Waals surface area contributed by atoms with Crippen molar-refractivity contribution >= 4 is 5.82 Å². The van der Waals surface area contributed by atoms with Crippen molar-refractivity contribution in [3.05, 3.63) is 62.6 Å². The molecule has 0 aliphatic rings. The number of H-pyrrole nitrogens is 2. The smallest absolute Gasteiger partial charge is 0.327 e. The van der Waals surface area contributed by atoms with Gasteiger partial charge in [-0.15, -0.1) is 0 Å². The first-order chi connectivity index (χ1) is 8.15. The van der Waals surface area contributed by atoms with Crippen molar-refractivity contribution in [2.45, 2.75) is 6.54 Å². The van der Waals surface area contributed by atoms with Gasteiger partial charge in [0.15, 0.2) is 0 Å². The number of nitrogens with one attached hydrogen (secondary N) is 3. The zero-order valence-corrected chi connectivity index (χ0v) is 8.79. The van der Waals surface area contributed by atoms with Gasteiger partial charge in [-0.05, 0) is 6.07 Å². The lowest BCUT2D eigenvalue weighted by atomic mass is 10.2. The number of hydrogen-bond acceptors (Lipinski definition) is 3. The number of anilines is 1. The van der Waals surface area contributed by atoms with Crippen LogP contribution >= 0.6 is 0 Å². The molecule has 5 nitrogen and oxygen atoms in total. The molecule has 0 amide bonds. The standard InChI is InChI=1S/C11H10FN3O2/c12-8-4-2-1-3-7(8)6-13-9-5-10(16)15-11(17)14-9/h1-5H,6H2,(H3,13,14,15,16,17). The molecular formula is C11H10FN3O2. The van der Waals surface area contributed by atoms with Gasteiger partial charge in [0.05, 0.1) is 0 Å². The Kier molecular flexibility index (Phi) is 3.04. The van der Waals surface area contributed by atoms with E-state index in [1.807, 2.05) is 4.98 Å². The molecule has 0 unspecified atom stereocenters. The van der Waals surface area contributed by atoms with Gasteiger partial charge in [-0.2, -0.15) is 0 Å². The van der Waals surface area contributed by atoms with Gasteiger partial charge in [0, 0.05) is 18.2 Å². The van der Waals surface area contributed by atoms with Crippen LogP contribution in [0.4, 0.5) is 10.2 Å². The highest BCUT2D eigenvalue weighted by atomic mass is 19.1. The Morgan fingerprint density at radius 3 is 2.65 bits per heavy atom. The summed E-state index contributed by atoms with van der Waals surface area (Å²) in [6.45, 7) is 0.187. The van der Waals surface area contributed by atoms with E-state index in [0.29, 0.717) is 5.56 Å². The van der Waals surface area contributed by atoms with E-state index in [4.69, 9.17) is 0 Å². The third-order valence-corrected chi connectivity index (χ3v) is 2.19. The van der Waals surface area contributed by atoms with Crippen molar-refractivity contribution in [2.75, 3.05) is 5.32 Å². The summed E-state index contributed by atoms with van der Waals surface area (Å²) in [5.74, 6) is -0.0887. The maximum atomic E-state index is 13.3. The maximum absolute atomic E-state index is 13.3. The molecule has 88 valence electrons. The third-order valence-electron chi connectivity index (χ3n) is 2.19. The number of rotatable bonds is 3. The molecule has 1 aromatic carbocycles. The first-order valence-corrected chi connectivity index (χ1v) is 4.96. The van der Waals surface area contributed by atoms with Crippen LogP contribution in [0.3, 0.4) is 0 Å². The highest BCUT2D eigenvalue weighted by Crippen LogP contribution is 2.07. The SMILES string of the molecule is O=c1cc(NCc2ccccc2F)[nH]c(=O)[nH]1. The van der Waals surface area contributed by atoms with E-state index in [0.717, 1.165) is 0 Å². The average Bonchev–Trinajstić information content (AvgIpc) is 2.27. The number of halogens is 1. The number of aromatic amines is 2. The molecule has 0 aliphatic heterocycles. The van der Waals surface area contributed by atoms with E-state index in [1.54, 1.807) is 18.2 Å². The molecule has 0 fully saturated rings. The van der Waals surface area contributed by atoms with Crippen molar-refractivity contribution in [1.82, 2.24) is 9.97 Å². The quantitative estimate of drug-likeness (QED) is 0.736. The molecule has 0 saturated carbocycles. The summed E-state index contributed by atoms with van der Waals surface area (Å²) in [4.78, 5) is 26.4. The minimum absolute atomic E-state index is 0.187. The highest BCUT2D eigenvalue weighted by Gasteiger charge is 2.01. The van der Waals surface area contributed by atoms with Gasteiger partial charge in [0.2, 0.25) is 0 Å². The topological polar surface area (TPSA) is 77.8 Å². The fraction of sp³-hybridized carbons (Fsp3) is 0.0909. The molecule has 2 aromatic rings. The van der Waals surface area contributed by atoms with Gasteiger partial charge >= 0.3 is 5.69 Å². The molecule has 3 N–H and O–H groups in total. The molecule has 6 heteroatoms. The highest BCUT2D eigenvalue weighted by molar-refractivity contribution is 5.33. The van der Waals surface area contributed by atoms with Crippen LogP contribution in [-0.4, -0.2) is 9.97 Å². The molecule has 1 heterocycles. The largest absolute Gasteiger partial charge is 0.367 e. The Bertz CT molecular complexity index is 605. The van der Waals surface area contributed by atoms with Crippen molar-refractivity contribution in [2.24, 2.45) is 0 Å². The van der Waals surface area contributed by atoms with Gasteiger partial charge in [0.25, 0.3) is 5.56 Å². The molecule has 17 heavy (non-hydrogen) atoms. The Morgan fingerprint density at radius 2 is 1.94 bits per heavy atom. The molecular weight excluding hydrogens is 225 g/mol. The molecule has 0 radical (unpaired) electrons. The normalized spacial score (nSPS) is 10.2. The minimum atomic E-state index is -0.603. The second-order valence-corrected chi connectivity index (χ2v) is 3.45. The van der Waals surface area contributed by atoms with Gasteiger partial charge < -0.3 is 5.32 Å². The number of hydrogen-bond donors (Lipinski definition) is 3. The molecule has 0 saturated heterocycles. The van der Waals surface area contributed by atoms with Crippen LogP contribution in [-0.2, 0) is 6.54 Å². The van der Waals surface area contributed by atoms with Crippen LogP contribution in [0.25, 0.3) is 0 Å². The zero-order valence-electron chi connectivity index (χ0n) is 8.79. The van der Waals surface area contributed by atoms with Crippen LogP contribution in [0.1, 0.15) is 5.56 Å². The summed E-state index contributed by atoms with van der Waals surface area (Å²) in [6, 6.07) is 7.46. The molecule has 2 rings (SSSR count). The van der Waals surface area contributed by atoms with E-state index >= 15 is 0 Å². The second kappa shape index (κ2) is 4.65. The van der Waals surface area contributed by atoms with Crippen molar-refractivity contribution in [3.8, 4) is 0 Å². The summed E-state index contributed by atoms with van der Waals surface area (Å²) in [6.07, 6.45) is 0. The fourth-order valence-electron chi connectivity index (χ4n) is 1.40. The Hall–Kier alpha value is -2.37. The number of aromatic nitrogens is 2. The monoisotopic (exact) mass is 235 g/mol. The molecule has 0 bridgehead atoms. The summed E-state index contributed by atoms with van der Waals surface area (Å²) < 4.78 is 13.3. The second-order valence-electron chi connectivity index (χ2n) is 3.45. The Morgan fingerprint density at radius 1 is 1.18 bits per heavy atom. The maximum Gasteiger partial charge on any atom is 0.327 e. The number of benzene rings is 1. The summed E-state index contributed by atoms with van der Waals surface area (Å²) in [5.41, 5.74) is -0.660. The van der Waals surface area contributed by atoms with E-state index in [2.05, 4.69) is 10.3 Å². The van der Waals surface area contributed by atoms with Gasteiger partial charge in [-0.25, -0.2) is 9.18 Å². The molecule has 0 atom stereocenters. The first-order valence-electron chi connectivity index (χ1n) is 4.96. The summed E-state index contributed by atoms with van der Waals surface area (Å²) in [5, 5.41) is 2.77. The zero-order chi connectivity index (χ0) is 12.3. The van der Waals surface area contributed by atoms with Crippen LogP contribution < -0.4 is 16.6 Å². The van der Waals surface area contributed by atoms with Crippen molar-refractivity contribution in [3.63, 3.8) is 0 Å². The van der Waals surface area contributed by atoms with Gasteiger partial charge in [-0.3, -0.25) is 14.8 Å². The lowest BCUT2D eigenvalue weighted by molar-refractivity contribution is 0.613. The fourth-order valence-corrected chi connectivity index (χ4v) is 1.40. The Balaban J connectivity index is 2.15.